The average Bonchev–Trinajstić information content (AvgIpc) is 2.07. The molecular weight excluding hydrogens is 160 g/mol. The molecule has 78 valence electrons. The molecule has 2 atom stereocenters. The van der Waals surface area contributed by atoms with Gasteiger partial charge in [-0.2, -0.15) is 0 Å². The Morgan fingerprint density at radius 1 is 1.46 bits per heavy atom. The van der Waals surface area contributed by atoms with Gasteiger partial charge in [0.25, 0.3) is 0 Å². The van der Waals surface area contributed by atoms with Crippen molar-refractivity contribution in [2.75, 3.05) is 19.6 Å². The van der Waals surface area contributed by atoms with Crippen molar-refractivity contribution in [3.63, 3.8) is 0 Å². The van der Waals surface area contributed by atoms with Gasteiger partial charge in [-0.3, -0.25) is 0 Å². The molecule has 0 aromatic rings. The fourth-order valence-corrected chi connectivity index (χ4v) is 2.24. The van der Waals surface area contributed by atoms with E-state index in [9.17, 15) is 0 Å². The lowest BCUT2D eigenvalue weighted by atomic mass is 9.90. The first-order valence-corrected chi connectivity index (χ1v) is 5.61. The van der Waals surface area contributed by atoms with Crippen LogP contribution in [0.3, 0.4) is 0 Å². The Morgan fingerprint density at radius 2 is 2.15 bits per heavy atom. The zero-order valence-corrected chi connectivity index (χ0v) is 9.29. The average molecular weight is 184 g/mol. The normalized spacial score (nSPS) is 31.2. The molecule has 0 amide bonds. The van der Waals surface area contributed by atoms with Crippen LogP contribution in [0.4, 0.5) is 0 Å². The molecule has 2 nitrogen and oxygen atoms in total. The van der Waals surface area contributed by atoms with Crippen molar-refractivity contribution in [3.8, 4) is 0 Å². The maximum absolute atomic E-state index is 6.06. The van der Waals surface area contributed by atoms with Crippen LogP contribution in [-0.2, 0) is 0 Å². The summed E-state index contributed by atoms with van der Waals surface area (Å²) in [5.41, 5.74) is 6.06. The van der Waals surface area contributed by atoms with E-state index in [1.54, 1.807) is 0 Å². The standard InChI is InChI=1S/C11H24N2/c1-4-10-8-13(7-9(2)3)6-5-11(10)12/h9-11H,4-8,12H2,1-3H3. The molecule has 0 spiro atoms. The number of piperidine rings is 1. The van der Waals surface area contributed by atoms with E-state index in [2.05, 4.69) is 25.7 Å². The Morgan fingerprint density at radius 3 is 2.69 bits per heavy atom. The third-order valence-corrected chi connectivity index (χ3v) is 3.02. The van der Waals surface area contributed by atoms with Crippen LogP contribution in [0.15, 0.2) is 0 Å². The van der Waals surface area contributed by atoms with Crippen LogP contribution in [0.1, 0.15) is 33.6 Å². The van der Waals surface area contributed by atoms with Crippen molar-refractivity contribution in [2.45, 2.75) is 39.7 Å². The Kier molecular flexibility index (Phi) is 4.20. The van der Waals surface area contributed by atoms with Crippen LogP contribution < -0.4 is 5.73 Å². The van der Waals surface area contributed by atoms with Gasteiger partial charge < -0.3 is 10.6 Å². The molecule has 1 fully saturated rings. The first kappa shape index (κ1) is 11.0. The summed E-state index contributed by atoms with van der Waals surface area (Å²) >= 11 is 0. The van der Waals surface area contributed by atoms with Gasteiger partial charge in [0.2, 0.25) is 0 Å². The van der Waals surface area contributed by atoms with E-state index < -0.39 is 0 Å². The van der Waals surface area contributed by atoms with E-state index in [1.165, 1.54) is 32.5 Å². The highest BCUT2D eigenvalue weighted by atomic mass is 15.1. The molecule has 0 saturated carbocycles. The van der Waals surface area contributed by atoms with Crippen molar-refractivity contribution < 1.29 is 0 Å². The number of hydrogen-bond acceptors (Lipinski definition) is 2. The largest absolute Gasteiger partial charge is 0.327 e. The Labute approximate surface area is 82.5 Å². The molecule has 0 aromatic carbocycles. The summed E-state index contributed by atoms with van der Waals surface area (Å²) in [6, 6.07) is 0.452. The lowest BCUT2D eigenvalue weighted by molar-refractivity contribution is 0.138. The first-order chi connectivity index (χ1) is 6.13. The van der Waals surface area contributed by atoms with E-state index in [4.69, 9.17) is 5.73 Å². The van der Waals surface area contributed by atoms with Gasteiger partial charge in [0.05, 0.1) is 0 Å². The zero-order chi connectivity index (χ0) is 9.84. The fraction of sp³-hybridized carbons (Fsp3) is 1.00. The highest BCUT2D eigenvalue weighted by Crippen LogP contribution is 2.19. The summed E-state index contributed by atoms with van der Waals surface area (Å²) in [6.45, 7) is 10.5. The molecule has 1 rings (SSSR count). The number of hydrogen-bond donors (Lipinski definition) is 1. The highest BCUT2D eigenvalue weighted by Gasteiger charge is 2.25. The number of likely N-dealkylation sites (tertiary alicyclic amines) is 1. The zero-order valence-electron chi connectivity index (χ0n) is 9.29. The Bertz CT molecular complexity index is 145. The number of nitrogens with two attached hydrogens (primary N) is 1. The van der Waals surface area contributed by atoms with Crippen molar-refractivity contribution >= 4 is 0 Å². The summed E-state index contributed by atoms with van der Waals surface area (Å²) in [5, 5.41) is 0. The summed E-state index contributed by atoms with van der Waals surface area (Å²) in [4.78, 5) is 2.57. The first-order valence-electron chi connectivity index (χ1n) is 5.61. The molecule has 0 radical (unpaired) electrons. The summed E-state index contributed by atoms with van der Waals surface area (Å²) in [6.07, 6.45) is 2.42. The van der Waals surface area contributed by atoms with E-state index in [-0.39, 0.29) is 0 Å². The van der Waals surface area contributed by atoms with Crippen LogP contribution in [0.25, 0.3) is 0 Å². The maximum atomic E-state index is 6.06. The second-order valence-electron chi connectivity index (χ2n) is 4.77. The molecule has 1 aliphatic rings. The third-order valence-electron chi connectivity index (χ3n) is 3.02. The van der Waals surface area contributed by atoms with Crippen molar-refractivity contribution in [1.29, 1.82) is 0 Å². The predicted molar refractivity (Wildman–Crippen MR) is 57.7 cm³/mol. The lowest BCUT2D eigenvalue weighted by Gasteiger charge is -2.37. The van der Waals surface area contributed by atoms with Crippen molar-refractivity contribution in [1.82, 2.24) is 4.90 Å². The molecule has 13 heavy (non-hydrogen) atoms. The minimum absolute atomic E-state index is 0.452. The van der Waals surface area contributed by atoms with Gasteiger partial charge in [-0.1, -0.05) is 27.2 Å². The SMILES string of the molecule is CCC1CN(CC(C)C)CCC1N. The molecule has 2 N–H and O–H groups in total. The molecule has 1 saturated heterocycles. The molecule has 0 aromatic heterocycles. The van der Waals surface area contributed by atoms with Gasteiger partial charge in [0.15, 0.2) is 0 Å². The molecule has 2 unspecified atom stereocenters. The minimum Gasteiger partial charge on any atom is -0.327 e. The maximum Gasteiger partial charge on any atom is 0.00914 e. The predicted octanol–water partition coefficient (Wildman–Crippen LogP) is 1.70. The molecular formula is C11H24N2. The van der Waals surface area contributed by atoms with Gasteiger partial charge in [-0.15, -0.1) is 0 Å². The summed E-state index contributed by atoms with van der Waals surface area (Å²) in [5.74, 6) is 1.51. The molecule has 0 bridgehead atoms. The molecule has 1 aliphatic heterocycles. The number of nitrogens with zero attached hydrogens (tertiary/aromatic N) is 1. The summed E-state index contributed by atoms with van der Waals surface area (Å²) in [7, 11) is 0. The van der Waals surface area contributed by atoms with Gasteiger partial charge >= 0.3 is 0 Å². The number of rotatable bonds is 3. The van der Waals surface area contributed by atoms with Crippen molar-refractivity contribution in [3.05, 3.63) is 0 Å². The molecule has 0 aliphatic carbocycles. The van der Waals surface area contributed by atoms with E-state index in [0.717, 1.165) is 11.8 Å². The van der Waals surface area contributed by atoms with Crippen LogP contribution in [0.2, 0.25) is 0 Å². The quantitative estimate of drug-likeness (QED) is 0.723. The third kappa shape index (κ3) is 3.28. The highest BCUT2D eigenvalue weighted by molar-refractivity contribution is 4.82. The summed E-state index contributed by atoms with van der Waals surface area (Å²) < 4.78 is 0. The van der Waals surface area contributed by atoms with Gasteiger partial charge in [-0.25, -0.2) is 0 Å². The van der Waals surface area contributed by atoms with E-state index in [0.29, 0.717) is 6.04 Å². The minimum atomic E-state index is 0.452. The fourth-order valence-electron chi connectivity index (χ4n) is 2.24. The van der Waals surface area contributed by atoms with Gasteiger partial charge in [-0.05, 0) is 24.8 Å². The Balaban J connectivity index is 2.36. The lowest BCUT2D eigenvalue weighted by Crippen LogP contribution is -2.47. The Hall–Kier alpha value is -0.0800. The van der Waals surface area contributed by atoms with Crippen LogP contribution in [0, 0.1) is 11.8 Å². The molecule has 2 heteroatoms. The van der Waals surface area contributed by atoms with Gasteiger partial charge in [0, 0.05) is 19.1 Å². The monoisotopic (exact) mass is 184 g/mol. The van der Waals surface area contributed by atoms with E-state index >= 15 is 0 Å². The second kappa shape index (κ2) is 4.97. The van der Waals surface area contributed by atoms with Crippen molar-refractivity contribution in [2.24, 2.45) is 17.6 Å². The van der Waals surface area contributed by atoms with Crippen LogP contribution in [-0.4, -0.2) is 30.6 Å². The van der Waals surface area contributed by atoms with Crippen LogP contribution >= 0.6 is 0 Å². The molecule has 1 heterocycles. The second-order valence-corrected chi connectivity index (χ2v) is 4.77. The smallest absolute Gasteiger partial charge is 0.00914 e. The topological polar surface area (TPSA) is 29.3 Å². The van der Waals surface area contributed by atoms with E-state index in [1.807, 2.05) is 0 Å². The van der Waals surface area contributed by atoms with Gasteiger partial charge in [0.1, 0.15) is 0 Å². The van der Waals surface area contributed by atoms with Crippen LogP contribution in [0.5, 0.6) is 0 Å².